The molecular weight excluding hydrogens is 386 g/mol. The number of pyridine rings is 1. The van der Waals surface area contributed by atoms with E-state index in [1.807, 2.05) is 26.0 Å². The minimum atomic E-state index is -0.753. The van der Waals surface area contributed by atoms with Crippen LogP contribution in [-0.4, -0.2) is 54.5 Å². The van der Waals surface area contributed by atoms with E-state index in [4.69, 9.17) is 15.2 Å². The molecular formula is C22H25N3O5. The van der Waals surface area contributed by atoms with Crippen molar-refractivity contribution in [1.82, 2.24) is 9.88 Å². The van der Waals surface area contributed by atoms with Gasteiger partial charge in [0.2, 0.25) is 0 Å². The first-order chi connectivity index (χ1) is 14.3. The number of benzene rings is 1. The fraction of sp³-hybridized carbons (Fsp3) is 0.364. The van der Waals surface area contributed by atoms with Crippen LogP contribution in [0.2, 0.25) is 0 Å². The monoisotopic (exact) mass is 411 g/mol. The van der Waals surface area contributed by atoms with Crippen molar-refractivity contribution in [1.29, 1.82) is 0 Å². The van der Waals surface area contributed by atoms with Gasteiger partial charge >= 0.3 is 11.9 Å². The van der Waals surface area contributed by atoms with Crippen molar-refractivity contribution in [2.75, 3.05) is 20.8 Å². The number of aromatic nitrogens is 1. The van der Waals surface area contributed by atoms with Gasteiger partial charge in [-0.05, 0) is 19.9 Å². The zero-order chi connectivity index (χ0) is 22.0. The van der Waals surface area contributed by atoms with Crippen molar-refractivity contribution in [3.05, 3.63) is 46.7 Å². The lowest BCUT2D eigenvalue weighted by atomic mass is 9.90. The van der Waals surface area contributed by atoms with Crippen molar-refractivity contribution < 1.29 is 23.9 Å². The smallest absolute Gasteiger partial charge is 0.336 e. The number of ether oxygens (including phenoxy) is 2. The molecule has 0 saturated carbocycles. The molecule has 0 saturated heterocycles. The van der Waals surface area contributed by atoms with E-state index in [1.165, 1.54) is 14.2 Å². The van der Waals surface area contributed by atoms with Crippen molar-refractivity contribution >= 4 is 34.4 Å². The molecule has 0 atom stereocenters. The molecule has 0 bridgehead atoms. The second kappa shape index (κ2) is 8.52. The molecule has 3 rings (SSSR count). The van der Waals surface area contributed by atoms with Crippen molar-refractivity contribution in [2.45, 2.75) is 32.7 Å². The molecule has 0 spiro atoms. The predicted molar refractivity (Wildman–Crippen MR) is 111 cm³/mol. The first-order valence-corrected chi connectivity index (χ1v) is 9.66. The van der Waals surface area contributed by atoms with Gasteiger partial charge in [0, 0.05) is 30.0 Å². The maximum absolute atomic E-state index is 13.4. The van der Waals surface area contributed by atoms with E-state index in [9.17, 15) is 14.4 Å². The van der Waals surface area contributed by atoms with Crippen LogP contribution < -0.4 is 5.73 Å². The molecule has 1 aliphatic rings. The third-order valence-electron chi connectivity index (χ3n) is 5.23. The molecule has 2 aromatic rings. The molecule has 1 aromatic carbocycles. The number of esters is 2. The van der Waals surface area contributed by atoms with Crippen LogP contribution in [0.15, 0.2) is 29.8 Å². The molecule has 0 fully saturated rings. The number of hydrogen-bond donors (Lipinski definition) is 1. The van der Waals surface area contributed by atoms with Crippen LogP contribution in [0.1, 0.15) is 41.9 Å². The minimum Gasteiger partial charge on any atom is -0.469 e. The van der Waals surface area contributed by atoms with E-state index in [0.29, 0.717) is 40.7 Å². The molecule has 1 aliphatic heterocycles. The van der Waals surface area contributed by atoms with Crippen LogP contribution in [0, 0.1) is 0 Å². The topological polar surface area (TPSA) is 112 Å². The van der Waals surface area contributed by atoms with Gasteiger partial charge in [-0.3, -0.25) is 14.6 Å². The van der Waals surface area contributed by atoms with Gasteiger partial charge in [0.25, 0.3) is 5.91 Å². The molecule has 1 aromatic heterocycles. The van der Waals surface area contributed by atoms with Gasteiger partial charge in [0.1, 0.15) is 0 Å². The Balaban J connectivity index is 2.37. The number of fused-ring (bicyclic) bond motifs is 2. The SMILES string of the molecule is COC(=O)C/C(C(=O)OC)=C(/N)c1c2c(nc3ccccc13)CCN(C(C)C)C2=O. The molecule has 2 heterocycles. The molecule has 158 valence electrons. The number of methoxy groups -OCH3 is 2. The summed E-state index contributed by atoms with van der Waals surface area (Å²) < 4.78 is 9.55. The summed E-state index contributed by atoms with van der Waals surface area (Å²) in [6.45, 7) is 4.42. The summed E-state index contributed by atoms with van der Waals surface area (Å²) in [5.74, 6) is -1.60. The Labute approximate surface area is 174 Å². The maximum Gasteiger partial charge on any atom is 0.336 e. The fourth-order valence-electron chi connectivity index (χ4n) is 3.69. The molecule has 2 N–H and O–H groups in total. The molecule has 0 aliphatic carbocycles. The van der Waals surface area contributed by atoms with Gasteiger partial charge in [-0.25, -0.2) is 4.79 Å². The third-order valence-corrected chi connectivity index (χ3v) is 5.23. The zero-order valence-electron chi connectivity index (χ0n) is 17.5. The lowest BCUT2D eigenvalue weighted by Gasteiger charge is -2.33. The van der Waals surface area contributed by atoms with E-state index in [1.54, 1.807) is 17.0 Å². The largest absolute Gasteiger partial charge is 0.469 e. The molecule has 0 unspecified atom stereocenters. The molecule has 0 radical (unpaired) electrons. The van der Waals surface area contributed by atoms with Gasteiger partial charge in [-0.2, -0.15) is 0 Å². The maximum atomic E-state index is 13.4. The van der Waals surface area contributed by atoms with E-state index in [2.05, 4.69) is 4.98 Å². The summed E-state index contributed by atoms with van der Waals surface area (Å²) >= 11 is 0. The molecule has 8 nitrogen and oxygen atoms in total. The lowest BCUT2D eigenvalue weighted by Crippen LogP contribution is -2.43. The van der Waals surface area contributed by atoms with Crippen molar-refractivity contribution in [3.63, 3.8) is 0 Å². The summed E-state index contributed by atoms with van der Waals surface area (Å²) in [5.41, 5.74) is 8.46. The average molecular weight is 411 g/mol. The Hall–Kier alpha value is -3.42. The van der Waals surface area contributed by atoms with E-state index in [0.717, 1.165) is 0 Å². The van der Waals surface area contributed by atoms with Crippen LogP contribution >= 0.6 is 0 Å². The zero-order valence-corrected chi connectivity index (χ0v) is 17.5. The van der Waals surface area contributed by atoms with Crippen molar-refractivity contribution in [2.24, 2.45) is 5.73 Å². The number of rotatable bonds is 5. The molecule has 30 heavy (non-hydrogen) atoms. The summed E-state index contributed by atoms with van der Waals surface area (Å²) in [6, 6.07) is 7.25. The number of carbonyl (C=O) groups is 3. The Morgan fingerprint density at radius 2 is 1.90 bits per heavy atom. The fourth-order valence-corrected chi connectivity index (χ4v) is 3.69. The highest BCUT2D eigenvalue weighted by Gasteiger charge is 2.33. The number of amides is 1. The first kappa shape index (κ1) is 21.3. The van der Waals surface area contributed by atoms with E-state index in [-0.39, 0.29) is 29.6 Å². The second-order valence-electron chi connectivity index (χ2n) is 7.30. The number of carbonyl (C=O) groups excluding carboxylic acids is 3. The normalized spacial score (nSPS) is 14.4. The average Bonchev–Trinajstić information content (AvgIpc) is 2.74. The summed E-state index contributed by atoms with van der Waals surface area (Å²) in [5, 5.41) is 0.624. The Morgan fingerprint density at radius 1 is 1.20 bits per heavy atom. The van der Waals surface area contributed by atoms with Crippen molar-refractivity contribution in [3.8, 4) is 0 Å². The summed E-state index contributed by atoms with van der Waals surface area (Å²) in [7, 11) is 2.43. The van der Waals surface area contributed by atoms with Gasteiger partial charge in [-0.1, -0.05) is 18.2 Å². The minimum absolute atomic E-state index is 0.00896. The van der Waals surface area contributed by atoms with Crippen LogP contribution in [0.5, 0.6) is 0 Å². The van der Waals surface area contributed by atoms with Crippen LogP contribution in [0.3, 0.4) is 0 Å². The van der Waals surface area contributed by atoms with Gasteiger partial charge in [-0.15, -0.1) is 0 Å². The van der Waals surface area contributed by atoms with E-state index < -0.39 is 11.9 Å². The molecule has 8 heteroatoms. The van der Waals surface area contributed by atoms with Crippen LogP contribution in [0.25, 0.3) is 16.6 Å². The number of nitrogens with two attached hydrogens (primary N) is 1. The Morgan fingerprint density at radius 3 is 2.53 bits per heavy atom. The van der Waals surface area contributed by atoms with Crippen LogP contribution in [0.4, 0.5) is 0 Å². The quantitative estimate of drug-likeness (QED) is 0.592. The van der Waals surface area contributed by atoms with Gasteiger partial charge in [0.05, 0.1) is 48.7 Å². The Bertz CT molecular complexity index is 1060. The van der Waals surface area contributed by atoms with Gasteiger partial charge < -0.3 is 20.1 Å². The third kappa shape index (κ3) is 3.72. The highest BCUT2D eigenvalue weighted by molar-refractivity contribution is 6.11. The highest BCUT2D eigenvalue weighted by atomic mass is 16.5. The number of para-hydroxylation sites is 1. The summed E-state index contributed by atoms with van der Waals surface area (Å²) in [6.07, 6.45) is 0.192. The Kier molecular flexibility index (Phi) is 6.05. The standard InChI is InChI=1S/C22H25N3O5/c1-12(2)25-10-9-16-19(21(25)27)18(13-7-5-6-8-15(13)24-16)20(23)14(22(28)30-4)11-17(26)29-3/h5-8,12H,9-11,23H2,1-4H3/b20-14-. The summed E-state index contributed by atoms with van der Waals surface area (Å²) in [4.78, 5) is 44.2. The first-order valence-electron chi connectivity index (χ1n) is 9.66. The predicted octanol–water partition coefficient (Wildman–Crippen LogP) is 2.05. The lowest BCUT2D eigenvalue weighted by molar-refractivity contribution is -0.143. The van der Waals surface area contributed by atoms with Gasteiger partial charge in [0.15, 0.2) is 0 Å². The second-order valence-corrected chi connectivity index (χ2v) is 7.30. The van der Waals surface area contributed by atoms with Crippen LogP contribution in [-0.2, 0) is 25.5 Å². The number of hydrogen-bond acceptors (Lipinski definition) is 7. The van der Waals surface area contributed by atoms with E-state index >= 15 is 0 Å². The number of nitrogens with zero attached hydrogens (tertiary/aromatic N) is 2. The highest BCUT2D eigenvalue weighted by Crippen LogP contribution is 2.33. The molecule has 1 amide bonds.